The summed E-state index contributed by atoms with van der Waals surface area (Å²) in [6, 6.07) is 8.72. The third kappa shape index (κ3) is 3.31. The number of hydrogen-bond acceptors (Lipinski definition) is 4. The van der Waals surface area contributed by atoms with Crippen molar-refractivity contribution in [2.24, 2.45) is 17.3 Å². The minimum Gasteiger partial charge on any atom is -0.385 e. The van der Waals surface area contributed by atoms with Gasteiger partial charge < -0.3 is 19.3 Å². The van der Waals surface area contributed by atoms with Crippen LogP contribution in [-0.4, -0.2) is 41.9 Å². The van der Waals surface area contributed by atoms with Gasteiger partial charge in [-0.05, 0) is 68.4 Å². The zero-order valence-electron chi connectivity index (χ0n) is 22.0. The second-order valence-corrected chi connectivity index (χ2v) is 12.8. The van der Waals surface area contributed by atoms with E-state index in [0.717, 1.165) is 32.1 Å². The lowest BCUT2D eigenvalue weighted by Crippen LogP contribution is -2.55. The summed E-state index contributed by atoms with van der Waals surface area (Å²) < 4.78 is 47.1. The van der Waals surface area contributed by atoms with Gasteiger partial charge in [-0.2, -0.15) is 8.78 Å². The molecule has 5 fully saturated rings. The molecule has 6 heteroatoms. The highest BCUT2D eigenvalue weighted by Crippen LogP contribution is 2.71. The van der Waals surface area contributed by atoms with Crippen LogP contribution in [0.1, 0.15) is 81.8 Å². The maximum Gasteiger partial charge on any atom is 0.272 e. The van der Waals surface area contributed by atoms with Gasteiger partial charge in [-0.25, -0.2) is 0 Å². The topological polar surface area (TPSA) is 47.9 Å². The first-order valence-corrected chi connectivity index (χ1v) is 14.2. The van der Waals surface area contributed by atoms with E-state index in [1.54, 1.807) is 0 Å². The van der Waals surface area contributed by atoms with Gasteiger partial charge >= 0.3 is 0 Å². The molecule has 2 spiro atoms. The Hall–Kier alpha value is -1.60. The minimum atomic E-state index is -1.54. The van der Waals surface area contributed by atoms with Gasteiger partial charge in [0.2, 0.25) is 0 Å². The fourth-order valence-electron chi connectivity index (χ4n) is 9.69. The van der Waals surface area contributed by atoms with Gasteiger partial charge in [0.25, 0.3) is 6.08 Å². The van der Waals surface area contributed by atoms with Gasteiger partial charge in [-0.3, -0.25) is 0 Å². The monoisotopic (exact) mass is 512 g/mol. The van der Waals surface area contributed by atoms with Crippen molar-refractivity contribution in [2.75, 3.05) is 19.8 Å². The maximum absolute atomic E-state index is 14.3. The minimum absolute atomic E-state index is 0.0798. The van der Waals surface area contributed by atoms with Crippen LogP contribution < -0.4 is 0 Å². The van der Waals surface area contributed by atoms with Crippen molar-refractivity contribution in [3.63, 3.8) is 0 Å². The van der Waals surface area contributed by atoms with Crippen molar-refractivity contribution in [1.82, 2.24) is 0 Å². The largest absolute Gasteiger partial charge is 0.385 e. The number of ether oxygens (including phenoxy) is 3. The summed E-state index contributed by atoms with van der Waals surface area (Å²) in [4.78, 5) is 0. The first-order chi connectivity index (χ1) is 17.7. The van der Waals surface area contributed by atoms with Crippen LogP contribution in [0, 0.1) is 24.2 Å². The van der Waals surface area contributed by atoms with E-state index in [0.29, 0.717) is 45.5 Å². The molecule has 1 N–H and O–H groups in total. The molecule has 2 unspecified atom stereocenters. The van der Waals surface area contributed by atoms with Crippen molar-refractivity contribution in [3.8, 4) is 0 Å². The molecule has 200 valence electrons. The summed E-state index contributed by atoms with van der Waals surface area (Å²) in [7, 11) is 0. The predicted octanol–water partition coefficient (Wildman–Crippen LogP) is 6.57. The summed E-state index contributed by atoms with van der Waals surface area (Å²) >= 11 is 0. The maximum atomic E-state index is 14.3. The third-order valence-electron chi connectivity index (χ3n) is 11.2. The van der Waals surface area contributed by atoms with Crippen LogP contribution in [-0.2, 0) is 14.2 Å². The molecule has 3 saturated carbocycles. The first kappa shape index (κ1) is 24.4. The van der Waals surface area contributed by atoms with Crippen LogP contribution in [0.15, 0.2) is 47.1 Å². The quantitative estimate of drug-likeness (QED) is 0.432. The van der Waals surface area contributed by atoms with Crippen LogP contribution in [0.5, 0.6) is 0 Å². The Morgan fingerprint density at radius 2 is 1.70 bits per heavy atom. The number of halogens is 2. The molecule has 2 heterocycles. The standard InChI is InChI=1S/C31H38F2O4/c1-19-3-5-20(6-4-19)22-17-28(2)23(9-13-31(28)25(27(32)33)10-14-37-31)21-7-11-29(34)18-30(35-15-16-36-30)12-8-24(29)26(21)22/h3-6,21-23,34H,7-18H2,1-2H3/t21?,22-,23?,28+,29-,31-/m1/s1. The fourth-order valence-corrected chi connectivity index (χ4v) is 9.69. The highest BCUT2D eigenvalue weighted by atomic mass is 19.3. The molecule has 0 amide bonds. The smallest absolute Gasteiger partial charge is 0.272 e. The number of aryl methyl sites for hydroxylation is 1. The summed E-state index contributed by atoms with van der Waals surface area (Å²) in [6.07, 6.45) is 4.66. The molecule has 0 radical (unpaired) electrons. The van der Waals surface area contributed by atoms with Gasteiger partial charge in [0.05, 0.1) is 25.4 Å². The number of allylic oxidation sites excluding steroid dienone is 1. The molecular weight excluding hydrogens is 474 g/mol. The fraction of sp³-hybridized carbons (Fsp3) is 0.677. The Bertz CT molecular complexity index is 1160. The summed E-state index contributed by atoms with van der Waals surface area (Å²) in [5, 5.41) is 12.1. The first-order valence-electron chi connectivity index (χ1n) is 14.2. The molecule has 37 heavy (non-hydrogen) atoms. The zero-order chi connectivity index (χ0) is 25.6. The molecular formula is C31H38F2O4. The highest BCUT2D eigenvalue weighted by Gasteiger charge is 2.68. The number of hydrogen-bond donors (Lipinski definition) is 1. The third-order valence-corrected chi connectivity index (χ3v) is 11.2. The Labute approximate surface area is 218 Å². The average Bonchev–Trinajstić information content (AvgIpc) is 3.58. The number of fused-ring (bicyclic) bond motifs is 5. The molecule has 2 saturated heterocycles. The van der Waals surface area contributed by atoms with Gasteiger partial charge in [0.15, 0.2) is 5.79 Å². The van der Waals surface area contributed by atoms with Crippen molar-refractivity contribution in [2.45, 2.75) is 94.5 Å². The second kappa shape index (κ2) is 8.20. The Morgan fingerprint density at radius 1 is 0.946 bits per heavy atom. The average molecular weight is 513 g/mol. The molecule has 2 aliphatic heterocycles. The Kier molecular flexibility index (Phi) is 5.42. The van der Waals surface area contributed by atoms with E-state index >= 15 is 0 Å². The SMILES string of the molecule is Cc1ccc([C@H]2C[C@@]3(C)C(CC[C@]34OCCC4=C(F)F)C3CC[C@@]4(O)CC5(CCC4=C32)OCCO5)cc1. The molecule has 0 bridgehead atoms. The van der Waals surface area contributed by atoms with E-state index in [1.807, 2.05) is 0 Å². The Morgan fingerprint density at radius 3 is 2.43 bits per heavy atom. The van der Waals surface area contributed by atoms with Crippen LogP contribution >= 0.6 is 0 Å². The molecule has 6 atom stereocenters. The zero-order valence-corrected chi connectivity index (χ0v) is 22.0. The second-order valence-electron chi connectivity index (χ2n) is 12.8. The van der Waals surface area contributed by atoms with Gasteiger partial charge in [-0.1, -0.05) is 42.3 Å². The van der Waals surface area contributed by atoms with E-state index in [9.17, 15) is 13.9 Å². The van der Waals surface area contributed by atoms with E-state index in [-0.39, 0.29) is 28.7 Å². The molecule has 7 rings (SSSR count). The molecule has 1 aromatic rings. The van der Waals surface area contributed by atoms with E-state index < -0.39 is 23.1 Å². The lowest BCUT2D eigenvalue weighted by Gasteiger charge is -2.58. The molecule has 1 aromatic carbocycles. The number of rotatable bonds is 1. The lowest BCUT2D eigenvalue weighted by molar-refractivity contribution is -0.208. The van der Waals surface area contributed by atoms with Crippen molar-refractivity contribution in [3.05, 3.63) is 58.2 Å². The summed E-state index contributed by atoms with van der Waals surface area (Å²) in [5.74, 6) is -0.0474. The van der Waals surface area contributed by atoms with E-state index in [4.69, 9.17) is 14.2 Å². The number of benzene rings is 1. The van der Waals surface area contributed by atoms with Crippen LogP contribution in [0.4, 0.5) is 8.78 Å². The van der Waals surface area contributed by atoms with Crippen molar-refractivity contribution >= 4 is 0 Å². The number of aliphatic hydroxyl groups is 1. The highest BCUT2D eigenvalue weighted by molar-refractivity contribution is 5.46. The van der Waals surface area contributed by atoms with E-state index in [2.05, 4.69) is 38.1 Å². The molecule has 0 aromatic heterocycles. The molecule has 4 nitrogen and oxygen atoms in total. The molecule has 4 aliphatic carbocycles. The summed E-state index contributed by atoms with van der Waals surface area (Å²) in [5.41, 5.74) is 3.06. The van der Waals surface area contributed by atoms with Gasteiger partial charge in [-0.15, -0.1) is 0 Å². The lowest BCUT2D eigenvalue weighted by atomic mass is 9.49. The molecule has 6 aliphatic rings. The summed E-state index contributed by atoms with van der Waals surface area (Å²) in [6.45, 7) is 5.87. The van der Waals surface area contributed by atoms with Crippen molar-refractivity contribution in [1.29, 1.82) is 0 Å². The van der Waals surface area contributed by atoms with E-state index in [1.165, 1.54) is 22.3 Å². The van der Waals surface area contributed by atoms with Crippen LogP contribution in [0.3, 0.4) is 0 Å². The normalized spacial score (nSPS) is 42.3. The van der Waals surface area contributed by atoms with Crippen molar-refractivity contribution < 1.29 is 28.1 Å². The van der Waals surface area contributed by atoms with Gasteiger partial charge in [0.1, 0.15) is 5.60 Å². The van der Waals surface area contributed by atoms with Gasteiger partial charge in [0, 0.05) is 36.2 Å². The predicted molar refractivity (Wildman–Crippen MR) is 135 cm³/mol. The Balaban J connectivity index is 1.38. The van der Waals surface area contributed by atoms with Crippen LogP contribution in [0.25, 0.3) is 0 Å². The van der Waals surface area contributed by atoms with Crippen LogP contribution in [0.2, 0.25) is 0 Å².